The third kappa shape index (κ3) is 3.94. The molecule has 4 rings (SSSR count). The van der Waals surface area contributed by atoms with Crippen molar-refractivity contribution >= 4 is 17.7 Å². The van der Waals surface area contributed by atoms with E-state index in [0.717, 1.165) is 0 Å². The zero-order valence-electron chi connectivity index (χ0n) is 15.7. The lowest BCUT2D eigenvalue weighted by Gasteiger charge is -2.39. The first kappa shape index (κ1) is 19.0. The minimum absolute atomic E-state index is 0.0493. The van der Waals surface area contributed by atoms with E-state index in [1.807, 2.05) is 0 Å². The highest BCUT2D eigenvalue weighted by molar-refractivity contribution is 5.96. The summed E-state index contributed by atoms with van der Waals surface area (Å²) in [4.78, 5) is 50.7. The van der Waals surface area contributed by atoms with Crippen molar-refractivity contribution in [3.05, 3.63) is 59.9 Å². The van der Waals surface area contributed by atoms with Gasteiger partial charge < -0.3 is 14.7 Å². The summed E-state index contributed by atoms with van der Waals surface area (Å²) >= 11 is 0. The van der Waals surface area contributed by atoms with Crippen molar-refractivity contribution < 1.29 is 18.8 Å². The Hall–Kier alpha value is -3.36. The summed E-state index contributed by atoms with van der Waals surface area (Å²) in [5.41, 5.74) is 1.01. The van der Waals surface area contributed by atoms with Gasteiger partial charge in [0, 0.05) is 38.6 Å². The van der Waals surface area contributed by atoms with Gasteiger partial charge in [-0.2, -0.15) is 0 Å². The largest absolute Gasteiger partial charge is 0.337 e. The maximum Gasteiger partial charge on any atom is 0.257 e. The molecule has 0 bridgehead atoms. The molecule has 1 unspecified atom stereocenters. The predicted molar refractivity (Wildman–Crippen MR) is 99.9 cm³/mol. The number of nitrogens with zero attached hydrogens (tertiary/aromatic N) is 5. The molecule has 0 radical (unpaired) electrons. The average molecular weight is 397 g/mol. The minimum Gasteiger partial charge on any atom is -0.337 e. The Balaban J connectivity index is 1.48. The smallest absolute Gasteiger partial charge is 0.257 e. The van der Waals surface area contributed by atoms with Gasteiger partial charge in [-0.25, -0.2) is 14.4 Å². The molecule has 1 aromatic heterocycles. The molecule has 1 aromatic carbocycles. The first-order chi connectivity index (χ1) is 14.0. The highest BCUT2D eigenvalue weighted by Crippen LogP contribution is 2.21. The quantitative estimate of drug-likeness (QED) is 0.761. The number of carbonyl (C=O) groups is 3. The van der Waals surface area contributed by atoms with E-state index in [4.69, 9.17) is 0 Å². The Morgan fingerprint density at radius 2 is 1.93 bits per heavy atom. The van der Waals surface area contributed by atoms with E-state index in [-0.39, 0.29) is 36.6 Å². The molecule has 2 saturated heterocycles. The van der Waals surface area contributed by atoms with Crippen LogP contribution in [0.5, 0.6) is 0 Å². The molecule has 3 heterocycles. The van der Waals surface area contributed by atoms with Crippen LogP contribution in [0.15, 0.2) is 43.0 Å². The second-order valence-corrected chi connectivity index (χ2v) is 7.14. The topological polar surface area (TPSA) is 86.7 Å². The first-order valence-corrected chi connectivity index (χ1v) is 9.40. The van der Waals surface area contributed by atoms with E-state index in [1.54, 1.807) is 21.9 Å². The van der Waals surface area contributed by atoms with Gasteiger partial charge in [-0.05, 0) is 24.1 Å². The molecule has 29 heavy (non-hydrogen) atoms. The average Bonchev–Trinajstić information content (AvgIpc) is 2.96. The van der Waals surface area contributed by atoms with Gasteiger partial charge in [0.1, 0.15) is 24.7 Å². The molecule has 0 saturated carbocycles. The monoisotopic (exact) mass is 397 g/mol. The van der Waals surface area contributed by atoms with Crippen LogP contribution in [0.3, 0.4) is 0 Å². The van der Waals surface area contributed by atoms with E-state index in [2.05, 4.69) is 9.97 Å². The van der Waals surface area contributed by atoms with Crippen LogP contribution in [0.2, 0.25) is 0 Å². The number of fused-ring (bicyclic) bond motifs is 1. The molecule has 2 aliphatic heterocycles. The number of aromatic nitrogens is 2. The van der Waals surface area contributed by atoms with Crippen molar-refractivity contribution in [1.29, 1.82) is 0 Å². The van der Waals surface area contributed by atoms with Crippen molar-refractivity contribution in [2.75, 3.05) is 26.2 Å². The zero-order valence-corrected chi connectivity index (χ0v) is 15.7. The van der Waals surface area contributed by atoms with Crippen LogP contribution >= 0.6 is 0 Å². The van der Waals surface area contributed by atoms with Gasteiger partial charge in [0.25, 0.3) is 5.91 Å². The second-order valence-electron chi connectivity index (χ2n) is 7.14. The lowest BCUT2D eigenvalue weighted by Crippen LogP contribution is -2.59. The highest BCUT2D eigenvalue weighted by Gasteiger charge is 2.41. The second kappa shape index (κ2) is 7.94. The van der Waals surface area contributed by atoms with Crippen LogP contribution in [-0.2, 0) is 16.1 Å². The number of carbonyl (C=O) groups excluding carboxylic acids is 3. The van der Waals surface area contributed by atoms with Gasteiger partial charge >= 0.3 is 0 Å². The van der Waals surface area contributed by atoms with Gasteiger partial charge in [0.05, 0.1) is 5.56 Å². The maximum atomic E-state index is 13.5. The first-order valence-electron chi connectivity index (χ1n) is 9.40. The molecule has 2 aliphatic rings. The van der Waals surface area contributed by atoms with E-state index in [9.17, 15) is 18.8 Å². The fraction of sp³-hybridized carbons (Fsp3) is 0.350. The third-order valence-electron chi connectivity index (χ3n) is 5.26. The molecule has 3 amide bonds. The number of rotatable bonds is 3. The molecular weight excluding hydrogens is 377 g/mol. The maximum absolute atomic E-state index is 13.5. The lowest BCUT2D eigenvalue weighted by atomic mass is 10.1. The van der Waals surface area contributed by atoms with Crippen molar-refractivity contribution in [3.63, 3.8) is 0 Å². The summed E-state index contributed by atoms with van der Waals surface area (Å²) in [5, 5.41) is 0. The Bertz CT molecular complexity index is 939. The molecule has 0 N–H and O–H groups in total. The molecule has 8 nitrogen and oxygen atoms in total. The number of benzene rings is 1. The van der Waals surface area contributed by atoms with Crippen molar-refractivity contribution in [1.82, 2.24) is 24.7 Å². The molecule has 0 spiro atoms. The summed E-state index contributed by atoms with van der Waals surface area (Å²) < 4.78 is 13.5. The van der Waals surface area contributed by atoms with E-state index in [1.165, 1.54) is 35.8 Å². The number of piperazine rings is 1. The van der Waals surface area contributed by atoms with Gasteiger partial charge in [-0.1, -0.05) is 12.1 Å². The Morgan fingerprint density at radius 3 is 2.69 bits per heavy atom. The van der Waals surface area contributed by atoms with Crippen molar-refractivity contribution in [2.45, 2.75) is 19.0 Å². The summed E-state index contributed by atoms with van der Waals surface area (Å²) in [7, 11) is 0. The van der Waals surface area contributed by atoms with E-state index < -0.39 is 6.04 Å². The van der Waals surface area contributed by atoms with Crippen LogP contribution < -0.4 is 0 Å². The standard InChI is InChI=1S/C20H20FN5O3/c21-16-3-1-2-14(8-16)11-25-12-18(27)26-7-6-24(5-4-17(26)20(25)29)19(28)15-9-22-13-23-10-15/h1-3,8-10,13,17H,4-7,11-12H2. The molecular formula is C20H20FN5O3. The summed E-state index contributed by atoms with van der Waals surface area (Å²) in [5.74, 6) is -0.940. The van der Waals surface area contributed by atoms with Gasteiger partial charge in [-0.15, -0.1) is 0 Å². The van der Waals surface area contributed by atoms with Gasteiger partial charge in [-0.3, -0.25) is 14.4 Å². The van der Waals surface area contributed by atoms with Crippen molar-refractivity contribution in [2.24, 2.45) is 0 Å². The predicted octanol–water partition coefficient (Wildman–Crippen LogP) is 0.701. The highest BCUT2D eigenvalue weighted by atomic mass is 19.1. The van der Waals surface area contributed by atoms with Crippen LogP contribution in [0.25, 0.3) is 0 Å². The van der Waals surface area contributed by atoms with E-state index >= 15 is 0 Å². The van der Waals surface area contributed by atoms with Gasteiger partial charge in [0.2, 0.25) is 11.8 Å². The number of hydrogen-bond donors (Lipinski definition) is 0. The number of halogens is 1. The SMILES string of the molecule is O=C(c1cncnc1)N1CCC2C(=O)N(Cc3cccc(F)c3)CC(=O)N2CC1. The fourth-order valence-corrected chi connectivity index (χ4v) is 3.81. The van der Waals surface area contributed by atoms with E-state index in [0.29, 0.717) is 37.2 Å². The molecule has 2 aromatic rings. The Labute approximate surface area is 166 Å². The number of amides is 3. The Morgan fingerprint density at radius 1 is 1.14 bits per heavy atom. The Kier molecular flexibility index (Phi) is 5.20. The lowest BCUT2D eigenvalue weighted by molar-refractivity contribution is -0.156. The third-order valence-corrected chi connectivity index (χ3v) is 5.26. The molecule has 2 fully saturated rings. The summed E-state index contributed by atoms with van der Waals surface area (Å²) in [6, 6.07) is 5.38. The molecule has 150 valence electrons. The summed E-state index contributed by atoms with van der Waals surface area (Å²) in [6.07, 6.45) is 4.60. The molecule has 9 heteroatoms. The number of hydrogen-bond acceptors (Lipinski definition) is 5. The van der Waals surface area contributed by atoms with Gasteiger partial charge in [0.15, 0.2) is 0 Å². The van der Waals surface area contributed by atoms with Crippen LogP contribution in [0, 0.1) is 5.82 Å². The van der Waals surface area contributed by atoms with Crippen LogP contribution in [0.4, 0.5) is 4.39 Å². The van der Waals surface area contributed by atoms with Crippen molar-refractivity contribution in [3.8, 4) is 0 Å². The minimum atomic E-state index is -0.616. The molecule has 0 aliphatic carbocycles. The normalized spacial score (nSPS) is 19.8. The fourth-order valence-electron chi connectivity index (χ4n) is 3.81. The van der Waals surface area contributed by atoms with Crippen LogP contribution in [-0.4, -0.2) is 74.6 Å². The van der Waals surface area contributed by atoms with Crippen LogP contribution in [0.1, 0.15) is 22.3 Å². The zero-order chi connectivity index (χ0) is 20.4. The molecule has 1 atom stereocenters. The summed E-state index contributed by atoms with van der Waals surface area (Å²) in [6.45, 7) is 1.11.